The third-order valence-corrected chi connectivity index (χ3v) is 9.38. The van der Waals surface area contributed by atoms with Crippen LogP contribution in [0.2, 0.25) is 0 Å². The molecule has 9 aromatic rings. The van der Waals surface area contributed by atoms with Gasteiger partial charge in [-0.15, -0.1) is 0 Å². The van der Waals surface area contributed by atoms with Gasteiger partial charge in [0, 0.05) is 39.0 Å². The maximum atomic E-state index is 6.63. The Balaban J connectivity index is 1.19. The number of para-hydroxylation sites is 4. The van der Waals surface area contributed by atoms with E-state index >= 15 is 0 Å². The molecule has 0 saturated heterocycles. The van der Waals surface area contributed by atoms with Gasteiger partial charge in [-0.05, 0) is 111 Å². The summed E-state index contributed by atoms with van der Waals surface area (Å²) in [7, 11) is 0. The van der Waals surface area contributed by atoms with Gasteiger partial charge in [0.2, 0.25) is 5.89 Å². The molecular formula is C43H27BrN2O2. The predicted molar refractivity (Wildman–Crippen MR) is 200 cm³/mol. The van der Waals surface area contributed by atoms with Crippen molar-refractivity contribution < 1.29 is 8.83 Å². The van der Waals surface area contributed by atoms with E-state index in [0.717, 1.165) is 82.4 Å². The van der Waals surface area contributed by atoms with E-state index in [0.29, 0.717) is 5.89 Å². The van der Waals surface area contributed by atoms with Crippen LogP contribution in [0.1, 0.15) is 0 Å². The minimum Gasteiger partial charge on any atom is -0.454 e. The third-order valence-electron chi connectivity index (χ3n) is 8.75. The van der Waals surface area contributed by atoms with Crippen LogP contribution in [0.3, 0.4) is 0 Å². The van der Waals surface area contributed by atoms with E-state index in [2.05, 4.69) is 148 Å². The molecular weight excluding hydrogens is 656 g/mol. The Morgan fingerprint density at radius 2 is 1.15 bits per heavy atom. The van der Waals surface area contributed by atoms with Crippen molar-refractivity contribution in [2.24, 2.45) is 0 Å². The summed E-state index contributed by atoms with van der Waals surface area (Å²) in [5, 5.41) is 2.17. The fourth-order valence-electron chi connectivity index (χ4n) is 6.46. The Kier molecular flexibility index (Phi) is 6.91. The van der Waals surface area contributed by atoms with Crippen molar-refractivity contribution in [3.8, 4) is 33.7 Å². The lowest BCUT2D eigenvalue weighted by atomic mass is 9.95. The van der Waals surface area contributed by atoms with E-state index in [9.17, 15) is 0 Å². The molecule has 0 aliphatic rings. The molecule has 2 heterocycles. The van der Waals surface area contributed by atoms with Crippen LogP contribution in [-0.2, 0) is 0 Å². The Labute approximate surface area is 285 Å². The number of furan rings is 1. The number of hydrogen-bond acceptors (Lipinski definition) is 4. The zero-order valence-corrected chi connectivity index (χ0v) is 27.3. The quantitative estimate of drug-likeness (QED) is 0.175. The van der Waals surface area contributed by atoms with Crippen molar-refractivity contribution >= 4 is 66.0 Å². The first-order valence-electron chi connectivity index (χ1n) is 15.8. The molecule has 228 valence electrons. The maximum absolute atomic E-state index is 6.63. The summed E-state index contributed by atoms with van der Waals surface area (Å²) in [6.07, 6.45) is 0. The van der Waals surface area contributed by atoms with Crippen LogP contribution < -0.4 is 4.90 Å². The van der Waals surface area contributed by atoms with E-state index in [4.69, 9.17) is 13.8 Å². The molecule has 7 aromatic carbocycles. The van der Waals surface area contributed by atoms with Crippen molar-refractivity contribution in [1.82, 2.24) is 4.98 Å². The fraction of sp³-hybridized carbons (Fsp3) is 0. The maximum Gasteiger partial charge on any atom is 0.227 e. The van der Waals surface area contributed by atoms with Crippen molar-refractivity contribution in [1.29, 1.82) is 0 Å². The number of nitrogens with zero attached hydrogens (tertiary/aromatic N) is 2. The van der Waals surface area contributed by atoms with Crippen LogP contribution in [0, 0.1) is 0 Å². The van der Waals surface area contributed by atoms with E-state index in [1.54, 1.807) is 0 Å². The third kappa shape index (κ3) is 4.96. The normalized spacial score (nSPS) is 11.4. The van der Waals surface area contributed by atoms with E-state index in [1.165, 1.54) is 0 Å². The molecule has 0 fully saturated rings. The summed E-state index contributed by atoms with van der Waals surface area (Å²) >= 11 is 3.72. The summed E-state index contributed by atoms with van der Waals surface area (Å²) in [5.74, 6) is 0.607. The molecule has 0 aliphatic carbocycles. The summed E-state index contributed by atoms with van der Waals surface area (Å²) in [4.78, 5) is 6.97. The largest absolute Gasteiger partial charge is 0.454 e. The van der Waals surface area contributed by atoms with Crippen LogP contribution in [-0.4, -0.2) is 4.98 Å². The van der Waals surface area contributed by atoms with Crippen LogP contribution in [0.4, 0.5) is 17.1 Å². The van der Waals surface area contributed by atoms with Gasteiger partial charge in [0.1, 0.15) is 16.7 Å². The van der Waals surface area contributed by atoms with Gasteiger partial charge < -0.3 is 13.7 Å². The smallest absolute Gasteiger partial charge is 0.227 e. The summed E-state index contributed by atoms with van der Waals surface area (Å²) in [6.45, 7) is 0. The number of halogens is 1. The van der Waals surface area contributed by atoms with Crippen molar-refractivity contribution in [3.05, 3.63) is 168 Å². The van der Waals surface area contributed by atoms with Gasteiger partial charge in [-0.1, -0.05) is 84.9 Å². The first-order chi connectivity index (χ1) is 23.7. The number of hydrogen-bond donors (Lipinski definition) is 0. The average molecular weight is 684 g/mol. The van der Waals surface area contributed by atoms with E-state index in [-0.39, 0.29) is 0 Å². The Morgan fingerprint density at radius 1 is 0.458 bits per heavy atom. The second kappa shape index (κ2) is 11.7. The number of rotatable bonds is 6. The number of fused-ring (bicyclic) bond motifs is 4. The van der Waals surface area contributed by atoms with Gasteiger partial charge in [-0.25, -0.2) is 4.98 Å². The zero-order valence-electron chi connectivity index (χ0n) is 25.7. The molecule has 5 heteroatoms. The highest BCUT2D eigenvalue weighted by molar-refractivity contribution is 9.10. The molecule has 48 heavy (non-hydrogen) atoms. The van der Waals surface area contributed by atoms with Gasteiger partial charge in [0.05, 0.1) is 4.47 Å². The van der Waals surface area contributed by atoms with Crippen LogP contribution in [0.15, 0.2) is 177 Å². The molecule has 4 nitrogen and oxygen atoms in total. The van der Waals surface area contributed by atoms with Crippen LogP contribution in [0.5, 0.6) is 0 Å². The van der Waals surface area contributed by atoms with E-state index in [1.807, 2.05) is 36.4 Å². The SMILES string of the molecule is Brc1cccc2c1oc1c(-c3cccc(N(c4ccccc4)c4ccc(-c5nc6ccccc6o5)cc4)c3)cc(-c3ccccc3)cc12. The first-order valence-corrected chi connectivity index (χ1v) is 16.6. The molecule has 0 amide bonds. The van der Waals surface area contributed by atoms with Gasteiger partial charge >= 0.3 is 0 Å². The number of anilines is 3. The average Bonchev–Trinajstić information content (AvgIpc) is 3.76. The van der Waals surface area contributed by atoms with Gasteiger partial charge in [-0.2, -0.15) is 0 Å². The number of benzene rings is 7. The molecule has 0 atom stereocenters. The topological polar surface area (TPSA) is 42.4 Å². The molecule has 0 aliphatic heterocycles. The van der Waals surface area contributed by atoms with Crippen molar-refractivity contribution in [2.45, 2.75) is 0 Å². The minimum atomic E-state index is 0.607. The highest BCUT2D eigenvalue weighted by Crippen LogP contribution is 2.43. The molecule has 2 aromatic heterocycles. The lowest BCUT2D eigenvalue weighted by Crippen LogP contribution is -2.09. The number of aromatic nitrogens is 1. The van der Waals surface area contributed by atoms with Crippen LogP contribution in [0.25, 0.3) is 66.7 Å². The lowest BCUT2D eigenvalue weighted by molar-refractivity contribution is 0.620. The second-order valence-corrected chi connectivity index (χ2v) is 12.6. The minimum absolute atomic E-state index is 0.607. The van der Waals surface area contributed by atoms with Crippen molar-refractivity contribution in [2.75, 3.05) is 4.90 Å². The zero-order chi connectivity index (χ0) is 32.0. The Hall–Kier alpha value is -5.91. The van der Waals surface area contributed by atoms with E-state index < -0.39 is 0 Å². The standard InChI is InChI=1S/C43H27BrN2O2/c44-38-18-10-17-35-37-27-31(28-11-3-1-4-12-28)26-36(41(37)48-42(35)38)30-13-9-16-34(25-30)46(32-14-5-2-6-15-32)33-23-21-29(22-24-33)43-45-39-19-7-8-20-40(39)47-43/h1-27H. The highest BCUT2D eigenvalue weighted by atomic mass is 79.9. The van der Waals surface area contributed by atoms with Crippen LogP contribution >= 0.6 is 15.9 Å². The molecule has 9 rings (SSSR count). The Bertz CT molecular complexity index is 2540. The Morgan fingerprint density at radius 3 is 1.96 bits per heavy atom. The molecule has 0 spiro atoms. The lowest BCUT2D eigenvalue weighted by Gasteiger charge is -2.26. The molecule has 0 N–H and O–H groups in total. The summed E-state index contributed by atoms with van der Waals surface area (Å²) in [5.41, 5.74) is 11.8. The highest BCUT2D eigenvalue weighted by Gasteiger charge is 2.19. The molecule has 0 radical (unpaired) electrons. The number of oxazole rings is 1. The van der Waals surface area contributed by atoms with Crippen molar-refractivity contribution in [3.63, 3.8) is 0 Å². The second-order valence-electron chi connectivity index (χ2n) is 11.7. The predicted octanol–water partition coefficient (Wildman–Crippen LogP) is 13.0. The molecule has 0 saturated carbocycles. The first kappa shape index (κ1) is 28.3. The van der Waals surface area contributed by atoms with Gasteiger partial charge in [0.25, 0.3) is 0 Å². The summed E-state index contributed by atoms with van der Waals surface area (Å²) < 4.78 is 13.6. The molecule has 0 bridgehead atoms. The monoisotopic (exact) mass is 682 g/mol. The fourth-order valence-corrected chi connectivity index (χ4v) is 6.91. The van der Waals surface area contributed by atoms with Gasteiger partial charge in [-0.3, -0.25) is 0 Å². The summed E-state index contributed by atoms with van der Waals surface area (Å²) in [6, 6.07) is 56.5. The molecule has 0 unspecified atom stereocenters. The van der Waals surface area contributed by atoms with Gasteiger partial charge in [0.15, 0.2) is 5.58 Å².